The smallest absolute Gasteiger partial charge is 0.125 e. The van der Waals surface area contributed by atoms with Gasteiger partial charge < -0.3 is 10.1 Å². The molecule has 1 aromatic carbocycles. The summed E-state index contributed by atoms with van der Waals surface area (Å²) < 4.78 is 6.75. The van der Waals surface area contributed by atoms with Crippen molar-refractivity contribution in [3.63, 3.8) is 0 Å². The average Bonchev–Trinajstić information content (AvgIpc) is 2.36. The van der Waals surface area contributed by atoms with E-state index >= 15 is 0 Å². The number of hydrogen-bond acceptors (Lipinski definition) is 2. The molecule has 1 aliphatic heterocycles. The summed E-state index contributed by atoms with van der Waals surface area (Å²) in [7, 11) is 1.76. The number of nitrogens with one attached hydrogen (secondary N) is 1. The summed E-state index contributed by atoms with van der Waals surface area (Å²) in [6, 6.07) is 2.18. The fraction of sp³-hybridized carbons (Fsp3) is 0.600. The van der Waals surface area contributed by atoms with Crippen molar-refractivity contribution in [1.82, 2.24) is 5.32 Å². The average molecular weight is 312 g/mol. The van der Waals surface area contributed by atoms with Gasteiger partial charge in [0.2, 0.25) is 0 Å². The van der Waals surface area contributed by atoms with Crippen molar-refractivity contribution in [3.8, 4) is 5.75 Å². The number of ether oxygens (including phenoxy) is 1. The molecule has 0 aromatic heterocycles. The summed E-state index contributed by atoms with van der Waals surface area (Å²) in [5.74, 6) is 1.79. The molecular formula is C15H22BrNO. The van der Waals surface area contributed by atoms with E-state index in [9.17, 15) is 0 Å². The molecule has 1 aliphatic rings. The summed E-state index contributed by atoms with van der Waals surface area (Å²) in [5, 5.41) is 3.49. The zero-order valence-corrected chi connectivity index (χ0v) is 13.1. The molecule has 0 saturated carbocycles. The summed E-state index contributed by atoms with van der Waals surface area (Å²) in [5.41, 5.74) is 3.90. The minimum absolute atomic E-state index is 0.751. The second-order valence-electron chi connectivity index (χ2n) is 5.23. The number of hydrogen-bond donors (Lipinski definition) is 1. The summed E-state index contributed by atoms with van der Waals surface area (Å²) >= 11 is 3.71. The lowest BCUT2D eigenvalue weighted by Gasteiger charge is -2.25. The standard InChI is InChI=1S/C15H22BrNO/c1-10-7-14(16)13(11(2)15(10)18-3)8-12-5-4-6-17-9-12/h7,12,17H,4-6,8-9H2,1-3H3. The van der Waals surface area contributed by atoms with E-state index in [0.29, 0.717) is 0 Å². The van der Waals surface area contributed by atoms with Gasteiger partial charge in [-0.2, -0.15) is 0 Å². The molecule has 1 saturated heterocycles. The number of piperidine rings is 1. The first-order valence-electron chi connectivity index (χ1n) is 6.66. The van der Waals surface area contributed by atoms with Crippen LogP contribution in [0.4, 0.5) is 0 Å². The van der Waals surface area contributed by atoms with Crippen LogP contribution in [-0.2, 0) is 6.42 Å². The minimum Gasteiger partial charge on any atom is -0.496 e. The van der Waals surface area contributed by atoms with Gasteiger partial charge in [0.15, 0.2) is 0 Å². The van der Waals surface area contributed by atoms with E-state index in [1.54, 1.807) is 7.11 Å². The Hall–Kier alpha value is -0.540. The monoisotopic (exact) mass is 311 g/mol. The van der Waals surface area contributed by atoms with Crippen molar-refractivity contribution in [2.75, 3.05) is 20.2 Å². The molecule has 0 bridgehead atoms. The first kappa shape index (κ1) is 13.9. The summed E-state index contributed by atoms with van der Waals surface area (Å²) in [4.78, 5) is 0. The van der Waals surface area contributed by atoms with Crippen molar-refractivity contribution < 1.29 is 4.74 Å². The summed E-state index contributed by atoms with van der Waals surface area (Å²) in [6.45, 7) is 6.58. The van der Waals surface area contributed by atoms with Crippen LogP contribution in [0.1, 0.15) is 29.5 Å². The van der Waals surface area contributed by atoms with Crippen LogP contribution in [0.2, 0.25) is 0 Å². The van der Waals surface area contributed by atoms with Crippen LogP contribution in [-0.4, -0.2) is 20.2 Å². The molecule has 0 aliphatic carbocycles. The topological polar surface area (TPSA) is 21.3 Å². The van der Waals surface area contributed by atoms with Crippen LogP contribution < -0.4 is 10.1 Å². The minimum atomic E-state index is 0.751. The van der Waals surface area contributed by atoms with Crippen LogP contribution in [0.5, 0.6) is 5.75 Å². The van der Waals surface area contributed by atoms with Crippen molar-refractivity contribution in [1.29, 1.82) is 0 Å². The van der Waals surface area contributed by atoms with Gasteiger partial charge in [-0.25, -0.2) is 0 Å². The highest BCUT2D eigenvalue weighted by Crippen LogP contribution is 2.34. The van der Waals surface area contributed by atoms with Gasteiger partial charge in [-0.3, -0.25) is 0 Å². The Kier molecular flexibility index (Phi) is 4.68. The van der Waals surface area contributed by atoms with Gasteiger partial charge in [-0.05, 0) is 74.9 Å². The van der Waals surface area contributed by atoms with Crippen LogP contribution >= 0.6 is 15.9 Å². The normalized spacial score (nSPS) is 19.9. The maximum Gasteiger partial charge on any atom is 0.125 e. The molecule has 18 heavy (non-hydrogen) atoms. The zero-order chi connectivity index (χ0) is 13.1. The Bertz CT molecular complexity index is 425. The van der Waals surface area contributed by atoms with E-state index in [-0.39, 0.29) is 0 Å². The molecule has 1 atom stereocenters. The maximum absolute atomic E-state index is 5.52. The van der Waals surface area contributed by atoms with Gasteiger partial charge >= 0.3 is 0 Å². The predicted molar refractivity (Wildman–Crippen MR) is 79.5 cm³/mol. The van der Waals surface area contributed by atoms with E-state index in [1.165, 1.54) is 40.5 Å². The summed E-state index contributed by atoms with van der Waals surface area (Å²) in [6.07, 6.45) is 3.76. The zero-order valence-electron chi connectivity index (χ0n) is 11.5. The fourth-order valence-corrected chi connectivity index (χ4v) is 3.71. The quantitative estimate of drug-likeness (QED) is 0.920. The van der Waals surface area contributed by atoms with Crippen molar-refractivity contribution in [2.45, 2.75) is 33.1 Å². The van der Waals surface area contributed by atoms with Crippen molar-refractivity contribution >= 4 is 15.9 Å². The Morgan fingerprint density at radius 3 is 2.83 bits per heavy atom. The van der Waals surface area contributed by atoms with E-state index < -0.39 is 0 Å². The lowest BCUT2D eigenvalue weighted by atomic mass is 9.89. The third-order valence-corrected chi connectivity index (χ3v) is 4.59. The number of methoxy groups -OCH3 is 1. The lowest BCUT2D eigenvalue weighted by Crippen LogP contribution is -2.31. The van der Waals surface area contributed by atoms with Gasteiger partial charge in [-0.1, -0.05) is 15.9 Å². The number of halogens is 1. The molecule has 3 heteroatoms. The maximum atomic E-state index is 5.52. The Morgan fingerprint density at radius 1 is 1.44 bits per heavy atom. The molecule has 1 N–H and O–H groups in total. The SMILES string of the molecule is COc1c(C)cc(Br)c(CC2CCCNC2)c1C. The van der Waals surface area contributed by atoms with Crippen LogP contribution in [0.25, 0.3) is 0 Å². The lowest BCUT2D eigenvalue weighted by molar-refractivity contribution is 0.373. The molecule has 100 valence electrons. The number of benzene rings is 1. The molecule has 2 nitrogen and oxygen atoms in total. The van der Waals surface area contributed by atoms with E-state index in [1.807, 2.05) is 0 Å². The molecular weight excluding hydrogens is 290 g/mol. The highest BCUT2D eigenvalue weighted by Gasteiger charge is 2.18. The highest BCUT2D eigenvalue weighted by molar-refractivity contribution is 9.10. The Morgan fingerprint density at radius 2 is 2.22 bits per heavy atom. The highest BCUT2D eigenvalue weighted by atomic mass is 79.9. The van der Waals surface area contributed by atoms with Gasteiger partial charge in [0.1, 0.15) is 5.75 Å². The molecule has 1 aromatic rings. The molecule has 1 unspecified atom stereocenters. The molecule has 1 heterocycles. The molecule has 0 radical (unpaired) electrons. The van der Waals surface area contributed by atoms with Gasteiger partial charge in [-0.15, -0.1) is 0 Å². The number of aryl methyl sites for hydroxylation is 1. The van der Waals surface area contributed by atoms with Crippen molar-refractivity contribution in [2.24, 2.45) is 5.92 Å². The predicted octanol–water partition coefficient (Wildman–Crippen LogP) is 3.62. The van der Waals surface area contributed by atoms with E-state index in [2.05, 4.69) is 41.2 Å². The van der Waals surface area contributed by atoms with Crippen LogP contribution in [0, 0.1) is 19.8 Å². The molecule has 1 fully saturated rings. The third kappa shape index (κ3) is 2.89. The van der Waals surface area contributed by atoms with Gasteiger partial charge in [0, 0.05) is 4.47 Å². The Labute approximate surface area is 118 Å². The first-order chi connectivity index (χ1) is 8.63. The number of rotatable bonds is 3. The van der Waals surface area contributed by atoms with Crippen LogP contribution in [0.3, 0.4) is 0 Å². The second kappa shape index (κ2) is 6.07. The Balaban J connectivity index is 2.26. The molecule has 0 amide bonds. The first-order valence-corrected chi connectivity index (χ1v) is 7.46. The molecule has 0 spiro atoms. The second-order valence-corrected chi connectivity index (χ2v) is 6.08. The fourth-order valence-electron chi connectivity index (χ4n) is 2.91. The van der Waals surface area contributed by atoms with Crippen LogP contribution in [0.15, 0.2) is 10.5 Å². The molecule has 2 rings (SSSR count). The van der Waals surface area contributed by atoms with E-state index in [0.717, 1.165) is 24.6 Å². The van der Waals surface area contributed by atoms with E-state index in [4.69, 9.17) is 4.74 Å². The largest absolute Gasteiger partial charge is 0.496 e. The third-order valence-electron chi connectivity index (χ3n) is 3.88. The van der Waals surface area contributed by atoms with Crippen molar-refractivity contribution in [3.05, 3.63) is 27.2 Å². The van der Waals surface area contributed by atoms with Gasteiger partial charge in [0.25, 0.3) is 0 Å². The van der Waals surface area contributed by atoms with Gasteiger partial charge in [0.05, 0.1) is 7.11 Å².